The van der Waals surface area contributed by atoms with E-state index in [1.54, 1.807) is 38.1 Å². The third-order valence-electron chi connectivity index (χ3n) is 4.18. The first kappa shape index (κ1) is 18.3. The minimum absolute atomic E-state index is 0.244. The van der Waals surface area contributed by atoms with Crippen LogP contribution in [0, 0.1) is 20.8 Å². The first-order valence-electron chi connectivity index (χ1n) is 8.53. The van der Waals surface area contributed by atoms with Crippen LogP contribution in [0.4, 0.5) is 16.2 Å². The molecule has 1 aliphatic rings. The second-order valence-electron chi connectivity index (χ2n) is 6.78. The highest BCUT2D eigenvalue weighted by Crippen LogP contribution is 2.25. The average Bonchev–Trinajstić information content (AvgIpc) is 3.31. The molecule has 3 N–H and O–H groups in total. The van der Waals surface area contributed by atoms with Crippen LogP contribution < -0.4 is 15.4 Å². The van der Waals surface area contributed by atoms with Gasteiger partial charge in [0.1, 0.15) is 0 Å². The molecule has 0 spiro atoms. The molecule has 0 atom stereocenters. The average molecular weight is 373 g/mol. The highest BCUT2D eigenvalue weighted by atomic mass is 32.2. The van der Waals surface area contributed by atoms with Crippen molar-refractivity contribution in [2.75, 3.05) is 10.0 Å². The fourth-order valence-corrected chi connectivity index (χ4v) is 4.51. The first-order chi connectivity index (χ1) is 12.2. The van der Waals surface area contributed by atoms with Gasteiger partial charge >= 0.3 is 6.03 Å². The molecule has 26 heavy (non-hydrogen) atoms. The maximum atomic E-state index is 12.8. The predicted octanol–water partition coefficient (Wildman–Crippen LogP) is 3.70. The van der Waals surface area contributed by atoms with Crippen molar-refractivity contribution < 1.29 is 13.2 Å². The molecule has 138 valence electrons. The van der Waals surface area contributed by atoms with Crippen LogP contribution in [0.25, 0.3) is 0 Å². The molecule has 0 unspecified atom stereocenters. The van der Waals surface area contributed by atoms with E-state index < -0.39 is 10.0 Å². The number of urea groups is 1. The molecule has 1 aliphatic carbocycles. The molecule has 0 saturated heterocycles. The second kappa shape index (κ2) is 6.99. The fraction of sp³-hybridized carbons (Fsp3) is 0.316. The van der Waals surface area contributed by atoms with Gasteiger partial charge in [-0.1, -0.05) is 17.7 Å². The number of rotatable bonds is 5. The zero-order valence-corrected chi connectivity index (χ0v) is 15.9. The van der Waals surface area contributed by atoms with Crippen LogP contribution in [-0.4, -0.2) is 20.5 Å². The van der Waals surface area contributed by atoms with Gasteiger partial charge in [-0.2, -0.15) is 0 Å². The van der Waals surface area contributed by atoms with E-state index in [2.05, 4.69) is 15.4 Å². The van der Waals surface area contributed by atoms with Crippen molar-refractivity contribution in [1.29, 1.82) is 0 Å². The highest BCUT2D eigenvalue weighted by molar-refractivity contribution is 7.92. The van der Waals surface area contributed by atoms with Crippen LogP contribution in [0.1, 0.15) is 29.5 Å². The largest absolute Gasteiger partial charge is 0.335 e. The molecule has 0 radical (unpaired) electrons. The van der Waals surface area contributed by atoms with Gasteiger partial charge in [0.15, 0.2) is 0 Å². The van der Waals surface area contributed by atoms with E-state index in [0.717, 1.165) is 18.4 Å². The molecule has 0 aromatic heterocycles. The normalized spacial score (nSPS) is 14.0. The van der Waals surface area contributed by atoms with E-state index in [1.165, 1.54) is 0 Å². The molecule has 2 aromatic carbocycles. The summed E-state index contributed by atoms with van der Waals surface area (Å²) in [6, 6.07) is 10.3. The number of hydrogen-bond donors (Lipinski definition) is 3. The molecule has 1 saturated carbocycles. The Labute approximate surface area is 154 Å². The second-order valence-corrected chi connectivity index (χ2v) is 8.40. The number of nitrogens with one attached hydrogen (secondary N) is 3. The van der Waals surface area contributed by atoms with Crippen LogP contribution in [0.5, 0.6) is 0 Å². The minimum atomic E-state index is -3.68. The predicted molar refractivity (Wildman–Crippen MR) is 103 cm³/mol. The van der Waals surface area contributed by atoms with Gasteiger partial charge in [0, 0.05) is 17.4 Å². The standard InChI is InChI=1S/C19H23N3O3S/c1-12-10-13(2)18(14(3)11-12)26(24,25)22-17-8-6-16(7-9-17)21-19(23)20-15-4-5-15/h6-11,15,22H,4-5H2,1-3H3,(H2,20,21,23). The Balaban J connectivity index is 1.72. The van der Waals surface area contributed by atoms with Gasteiger partial charge in [0.05, 0.1) is 4.90 Å². The SMILES string of the molecule is Cc1cc(C)c(S(=O)(=O)Nc2ccc(NC(=O)NC3CC3)cc2)c(C)c1. The number of amides is 2. The summed E-state index contributed by atoms with van der Waals surface area (Å²) < 4.78 is 28.1. The lowest BCUT2D eigenvalue weighted by Crippen LogP contribution is -2.30. The Morgan fingerprint density at radius 2 is 1.50 bits per heavy atom. The van der Waals surface area contributed by atoms with Gasteiger partial charge in [0.2, 0.25) is 0 Å². The number of benzene rings is 2. The summed E-state index contributed by atoms with van der Waals surface area (Å²) in [5.74, 6) is 0. The highest BCUT2D eigenvalue weighted by Gasteiger charge is 2.23. The summed E-state index contributed by atoms with van der Waals surface area (Å²) in [6.07, 6.45) is 2.04. The first-order valence-corrected chi connectivity index (χ1v) is 10.0. The summed E-state index contributed by atoms with van der Waals surface area (Å²) in [6.45, 7) is 5.52. The fourth-order valence-electron chi connectivity index (χ4n) is 3.00. The third-order valence-corrected chi connectivity index (χ3v) is 5.87. The Bertz CT molecular complexity index is 910. The Morgan fingerprint density at radius 3 is 2.04 bits per heavy atom. The van der Waals surface area contributed by atoms with E-state index in [9.17, 15) is 13.2 Å². The van der Waals surface area contributed by atoms with Crippen molar-refractivity contribution in [3.8, 4) is 0 Å². The molecular formula is C19H23N3O3S. The van der Waals surface area contributed by atoms with Crippen LogP contribution in [0.15, 0.2) is 41.3 Å². The molecule has 7 heteroatoms. The summed E-state index contributed by atoms with van der Waals surface area (Å²) >= 11 is 0. The smallest absolute Gasteiger partial charge is 0.319 e. The maximum absolute atomic E-state index is 12.8. The van der Waals surface area contributed by atoms with Crippen molar-refractivity contribution in [3.63, 3.8) is 0 Å². The lowest BCUT2D eigenvalue weighted by atomic mass is 10.1. The van der Waals surface area contributed by atoms with Crippen molar-refractivity contribution in [1.82, 2.24) is 5.32 Å². The van der Waals surface area contributed by atoms with Crippen molar-refractivity contribution >= 4 is 27.4 Å². The zero-order chi connectivity index (χ0) is 18.9. The monoisotopic (exact) mass is 373 g/mol. The molecule has 2 aromatic rings. The Kier molecular flexibility index (Phi) is 4.91. The van der Waals surface area contributed by atoms with Crippen LogP contribution in [0.3, 0.4) is 0 Å². The molecule has 3 rings (SSSR count). The van der Waals surface area contributed by atoms with Crippen LogP contribution >= 0.6 is 0 Å². The quantitative estimate of drug-likeness (QED) is 0.747. The van der Waals surface area contributed by atoms with Gasteiger partial charge < -0.3 is 10.6 Å². The van der Waals surface area contributed by atoms with Gasteiger partial charge in [0.25, 0.3) is 10.0 Å². The van der Waals surface area contributed by atoms with Crippen molar-refractivity contribution in [2.24, 2.45) is 0 Å². The molecule has 0 heterocycles. The molecule has 6 nitrogen and oxygen atoms in total. The number of hydrogen-bond acceptors (Lipinski definition) is 3. The van der Waals surface area contributed by atoms with Gasteiger partial charge in [-0.05, 0) is 69.0 Å². The number of aryl methyl sites for hydroxylation is 3. The van der Waals surface area contributed by atoms with E-state index >= 15 is 0 Å². The van der Waals surface area contributed by atoms with Crippen LogP contribution in [-0.2, 0) is 10.0 Å². The molecule has 1 fully saturated rings. The van der Waals surface area contributed by atoms with Gasteiger partial charge in [-0.15, -0.1) is 0 Å². The molecule has 0 aliphatic heterocycles. The number of sulfonamides is 1. The lowest BCUT2D eigenvalue weighted by Gasteiger charge is -2.14. The number of carbonyl (C=O) groups excluding carboxylic acids is 1. The molecule has 0 bridgehead atoms. The topological polar surface area (TPSA) is 87.3 Å². The number of carbonyl (C=O) groups is 1. The van der Waals surface area contributed by atoms with Crippen molar-refractivity contribution in [2.45, 2.75) is 44.6 Å². The molecule has 2 amide bonds. The number of anilines is 2. The lowest BCUT2D eigenvalue weighted by molar-refractivity contribution is 0.251. The van der Waals surface area contributed by atoms with Crippen LogP contribution in [0.2, 0.25) is 0 Å². The molecular weight excluding hydrogens is 350 g/mol. The maximum Gasteiger partial charge on any atom is 0.319 e. The van der Waals surface area contributed by atoms with E-state index in [1.807, 2.05) is 19.1 Å². The van der Waals surface area contributed by atoms with Gasteiger partial charge in [-0.25, -0.2) is 13.2 Å². The summed E-state index contributed by atoms with van der Waals surface area (Å²) in [5.41, 5.74) is 3.50. The van der Waals surface area contributed by atoms with Crippen molar-refractivity contribution in [3.05, 3.63) is 53.1 Å². The summed E-state index contributed by atoms with van der Waals surface area (Å²) in [4.78, 5) is 12.0. The van der Waals surface area contributed by atoms with E-state index in [-0.39, 0.29) is 12.1 Å². The Hall–Kier alpha value is -2.54. The summed E-state index contributed by atoms with van der Waals surface area (Å²) in [7, 11) is -3.68. The Morgan fingerprint density at radius 1 is 0.962 bits per heavy atom. The third kappa shape index (κ3) is 4.35. The van der Waals surface area contributed by atoms with E-state index in [0.29, 0.717) is 27.4 Å². The minimum Gasteiger partial charge on any atom is -0.335 e. The van der Waals surface area contributed by atoms with Gasteiger partial charge in [-0.3, -0.25) is 4.72 Å². The van der Waals surface area contributed by atoms with E-state index in [4.69, 9.17) is 0 Å². The summed E-state index contributed by atoms with van der Waals surface area (Å²) in [5, 5.41) is 5.56. The zero-order valence-electron chi connectivity index (χ0n) is 15.1.